The van der Waals surface area contributed by atoms with E-state index in [-0.39, 0.29) is 5.91 Å². The van der Waals surface area contributed by atoms with Crippen molar-refractivity contribution in [2.45, 2.75) is 26.2 Å². The number of piperidine rings is 1. The number of carbonyl (C=O) groups excluding carboxylic acids is 1. The van der Waals surface area contributed by atoms with Gasteiger partial charge in [-0.25, -0.2) is 5.01 Å². The number of aryl methyl sites for hydroxylation is 1. The van der Waals surface area contributed by atoms with E-state index in [2.05, 4.69) is 21.4 Å². The van der Waals surface area contributed by atoms with Crippen molar-refractivity contribution >= 4 is 21.8 Å². The number of carbonyl (C=O) groups is 1. The molecule has 0 radical (unpaired) electrons. The lowest BCUT2D eigenvalue weighted by molar-refractivity contribution is 0.0749. The summed E-state index contributed by atoms with van der Waals surface area (Å²) in [5.74, 6) is -0.0255. The summed E-state index contributed by atoms with van der Waals surface area (Å²) in [5.41, 5.74) is 4.77. The molecule has 3 nitrogen and oxygen atoms in total. The topological polar surface area (TPSA) is 32.3 Å². The number of hydrazine groups is 1. The molecule has 0 bridgehead atoms. The molecule has 1 heterocycles. The molecule has 17 heavy (non-hydrogen) atoms. The van der Waals surface area contributed by atoms with Crippen LogP contribution < -0.4 is 5.43 Å². The fourth-order valence-electron chi connectivity index (χ4n) is 2.02. The number of nitrogens with one attached hydrogen (secondary N) is 1. The van der Waals surface area contributed by atoms with Crippen molar-refractivity contribution in [3.05, 3.63) is 33.8 Å². The first-order valence-corrected chi connectivity index (χ1v) is 6.78. The molecule has 0 aromatic heterocycles. The SMILES string of the molecule is Cc1ccc(Br)c(C(=O)NN2CCCCC2)c1. The monoisotopic (exact) mass is 296 g/mol. The predicted molar refractivity (Wildman–Crippen MR) is 71.8 cm³/mol. The lowest BCUT2D eigenvalue weighted by Crippen LogP contribution is -2.45. The molecule has 1 aromatic rings. The van der Waals surface area contributed by atoms with E-state index in [0.29, 0.717) is 5.56 Å². The van der Waals surface area contributed by atoms with E-state index < -0.39 is 0 Å². The summed E-state index contributed by atoms with van der Waals surface area (Å²) < 4.78 is 0.845. The second-order valence-electron chi connectivity index (χ2n) is 4.47. The summed E-state index contributed by atoms with van der Waals surface area (Å²) in [5, 5.41) is 2.01. The van der Waals surface area contributed by atoms with Gasteiger partial charge in [0.1, 0.15) is 0 Å². The molecule has 4 heteroatoms. The smallest absolute Gasteiger partial charge is 0.266 e. The first-order chi connectivity index (χ1) is 8.16. The minimum absolute atomic E-state index is 0.0255. The standard InChI is InChI=1S/C13H17BrN2O/c1-10-5-6-12(14)11(9-10)13(17)15-16-7-3-2-4-8-16/h5-6,9H,2-4,7-8H2,1H3,(H,15,17). The van der Waals surface area contributed by atoms with Gasteiger partial charge in [0.2, 0.25) is 0 Å². The highest BCUT2D eigenvalue weighted by Gasteiger charge is 2.15. The van der Waals surface area contributed by atoms with Gasteiger partial charge in [0.25, 0.3) is 5.91 Å². The van der Waals surface area contributed by atoms with E-state index in [1.165, 1.54) is 6.42 Å². The Bertz CT molecular complexity index is 414. The minimum Gasteiger partial charge on any atom is -0.285 e. The molecule has 0 saturated carbocycles. The summed E-state index contributed by atoms with van der Waals surface area (Å²) in [7, 11) is 0. The highest BCUT2D eigenvalue weighted by molar-refractivity contribution is 9.10. The Kier molecular flexibility index (Phi) is 4.18. The highest BCUT2D eigenvalue weighted by Crippen LogP contribution is 2.18. The van der Waals surface area contributed by atoms with Gasteiger partial charge in [0.05, 0.1) is 5.56 Å². The zero-order chi connectivity index (χ0) is 12.3. The third-order valence-corrected chi connectivity index (χ3v) is 3.67. The Labute approximate surface area is 110 Å². The number of hydrogen-bond donors (Lipinski definition) is 1. The number of amides is 1. The van der Waals surface area contributed by atoms with Crippen molar-refractivity contribution in [1.29, 1.82) is 0 Å². The Morgan fingerprint density at radius 3 is 2.71 bits per heavy atom. The summed E-state index contributed by atoms with van der Waals surface area (Å²) >= 11 is 3.42. The number of benzene rings is 1. The maximum absolute atomic E-state index is 12.1. The summed E-state index contributed by atoms with van der Waals surface area (Å²) in [6.07, 6.45) is 3.59. The van der Waals surface area contributed by atoms with Crippen molar-refractivity contribution in [2.75, 3.05) is 13.1 Å². The van der Waals surface area contributed by atoms with Crippen LogP contribution in [0.4, 0.5) is 0 Å². The molecule has 1 fully saturated rings. The second kappa shape index (κ2) is 5.65. The molecule has 1 aromatic carbocycles. The first-order valence-electron chi connectivity index (χ1n) is 5.99. The molecule has 0 atom stereocenters. The van der Waals surface area contributed by atoms with Crippen LogP contribution in [0.3, 0.4) is 0 Å². The number of nitrogens with zero attached hydrogens (tertiary/aromatic N) is 1. The molecule has 0 aliphatic carbocycles. The Morgan fingerprint density at radius 1 is 1.29 bits per heavy atom. The van der Waals surface area contributed by atoms with Gasteiger partial charge in [-0.3, -0.25) is 10.2 Å². The quantitative estimate of drug-likeness (QED) is 0.910. The van der Waals surface area contributed by atoms with Crippen LogP contribution in [0.1, 0.15) is 35.2 Å². The molecule has 1 aliphatic rings. The number of hydrogen-bond acceptors (Lipinski definition) is 2. The Morgan fingerprint density at radius 2 is 2.00 bits per heavy atom. The number of halogens is 1. The molecular formula is C13H17BrN2O. The minimum atomic E-state index is -0.0255. The molecule has 1 aliphatic heterocycles. The fraction of sp³-hybridized carbons (Fsp3) is 0.462. The fourth-order valence-corrected chi connectivity index (χ4v) is 2.45. The van der Waals surface area contributed by atoms with Gasteiger partial charge in [-0.15, -0.1) is 0 Å². The Balaban J connectivity index is 2.05. The lowest BCUT2D eigenvalue weighted by atomic mass is 10.1. The normalized spacial score (nSPS) is 16.8. The van der Waals surface area contributed by atoms with Crippen molar-refractivity contribution in [2.24, 2.45) is 0 Å². The molecule has 92 valence electrons. The summed E-state index contributed by atoms with van der Waals surface area (Å²) in [6.45, 7) is 3.90. The zero-order valence-corrected chi connectivity index (χ0v) is 11.6. The largest absolute Gasteiger partial charge is 0.285 e. The average Bonchev–Trinajstić information content (AvgIpc) is 2.33. The third kappa shape index (κ3) is 3.30. The van der Waals surface area contributed by atoms with Crippen molar-refractivity contribution in [3.63, 3.8) is 0 Å². The van der Waals surface area contributed by atoms with Crippen LogP contribution in [0, 0.1) is 6.92 Å². The Hall–Kier alpha value is -0.870. The lowest BCUT2D eigenvalue weighted by Gasteiger charge is -2.27. The van der Waals surface area contributed by atoms with Gasteiger partial charge in [-0.1, -0.05) is 18.1 Å². The van der Waals surface area contributed by atoms with Gasteiger partial charge in [-0.2, -0.15) is 0 Å². The van der Waals surface area contributed by atoms with Gasteiger partial charge >= 0.3 is 0 Å². The molecule has 1 amide bonds. The molecular weight excluding hydrogens is 280 g/mol. The summed E-state index contributed by atoms with van der Waals surface area (Å²) in [4.78, 5) is 12.1. The van der Waals surface area contributed by atoms with Crippen LogP contribution in [0.15, 0.2) is 22.7 Å². The molecule has 1 saturated heterocycles. The van der Waals surface area contributed by atoms with E-state index in [0.717, 1.165) is 36.0 Å². The highest BCUT2D eigenvalue weighted by atomic mass is 79.9. The maximum Gasteiger partial charge on any atom is 0.266 e. The van der Waals surface area contributed by atoms with Crippen LogP contribution in [0.2, 0.25) is 0 Å². The van der Waals surface area contributed by atoms with Gasteiger partial charge in [0.15, 0.2) is 0 Å². The van der Waals surface area contributed by atoms with Crippen LogP contribution in [0.5, 0.6) is 0 Å². The van der Waals surface area contributed by atoms with E-state index in [9.17, 15) is 4.79 Å². The first kappa shape index (κ1) is 12.6. The second-order valence-corrected chi connectivity index (χ2v) is 5.33. The van der Waals surface area contributed by atoms with E-state index in [1.54, 1.807) is 0 Å². The van der Waals surface area contributed by atoms with Crippen molar-refractivity contribution in [3.8, 4) is 0 Å². The molecule has 0 spiro atoms. The molecule has 1 N–H and O–H groups in total. The molecule has 2 rings (SSSR count). The van der Waals surface area contributed by atoms with Crippen LogP contribution in [-0.2, 0) is 0 Å². The van der Waals surface area contributed by atoms with Gasteiger partial charge < -0.3 is 0 Å². The van der Waals surface area contributed by atoms with Crippen LogP contribution >= 0.6 is 15.9 Å². The molecule has 0 unspecified atom stereocenters. The van der Waals surface area contributed by atoms with Gasteiger partial charge in [0, 0.05) is 17.6 Å². The number of rotatable bonds is 2. The predicted octanol–water partition coefficient (Wildman–Crippen LogP) is 2.89. The van der Waals surface area contributed by atoms with E-state index >= 15 is 0 Å². The van der Waals surface area contributed by atoms with E-state index in [1.807, 2.05) is 30.1 Å². The van der Waals surface area contributed by atoms with Crippen LogP contribution in [-0.4, -0.2) is 24.0 Å². The maximum atomic E-state index is 12.1. The van der Waals surface area contributed by atoms with Gasteiger partial charge in [-0.05, 0) is 47.8 Å². The third-order valence-electron chi connectivity index (χ3n) is 2.98. The van der Waals surface area contributed by atoms with Crippen LogP contribution in [0.25, 0.3) is 0 Å². The van der Waals surface area contributed by atoms with Crippen molar-refractivity contribution in [1.82, 2.24) is 10.4 Å². The zero-order valence-electron chi connectivity index (χ0n) is 10.0. The summed E-state index contributed by atoms with van der Waals surface area (Å²) in [6, 6.07) is 5.81. The van der Waals surface area contributed by atoms with Crippen molar-refractivity contribution < 1.29 is 4.79 Å². The average molecular weight is 297 g/mol. The van der Waals surface area contributed by atoms with E-state index in [4.69, 9.17) is 0 Å².